The van der Waals surface area contributed by atoms with Gasteiger partial charge in [-0.15, -0.1) is 0 Å². The number of aromatic amines is 1. The molecule has 1 heterocycles. The molecule has 0 fully saturated rings. The molecule has 0 saturated carbocycles. The van der Waals surface area contributed by atoms with Gasteiger partial charge in [-0.1, -0.05) is 12.1 Å². The van der Waals surface area contributed by atoms with E-state index >= 15 is 0 Å². The lowest BCUT2D eigenvalue weighted by Gasteiger charge is -2.12. The number of hydrogen-bond acceptors (Lipinski definition) is 3. The molecule has 24 heavy (non-hydrogen) atoms. The summed E-state index contributed by atoms with van der Waals surface area (Å²) in [6.45, 7) is 1.78. The van der Waals surface area contributed by atoms with Crippen LogP contribution in [0.1, 0.15) is 11.1 Å². The van der Waals surface area contributed by atoms with Gasteiger partial charge in [-0.05, 0) is 36.8 Å². The molecule has 2 aromatic carbocycles. The highest BCUT2D eigenvalue weighted by atomic mass is 19.4. The van der Waals surface area contributed by atoms with Crippen LogP contribution in [0.5, 0.6) is 5.75 Å². The Kier molecular flexibility index (Phi) is 3.79. The molecular weight excluding hydrogens is 321 g/mol. The third-order valence-electron chi connectivity index (χ3n) is 3.68. The third-order valence-corrected chi connectivity index (χ3v) is 3.68. The number of nitrogens with one attached hydrogen (secondary N) is 1. The van der Waals surface area contributed by atoms with Gasteiger partial charge in [0.2, 0.25) is 0 Å². The van der Waals surface area contributed by atoms with Crippen molar-refractivity contribution in [3.63, 3.8) is 0 Å². The second kappa shape index (κ2) is 5.67. The first-order valence-electron chi connectivity index (χ1n) is 7.06. The zero-order valence-electron chi connectivity index (χ0n) is 12.9. The summed E-state index contributed by atoms with van der Waals surface area (Å²) in [6.07, 6.45) is -4.53. The minimum Gasteiger partial charge on any atom is -0.497 e. The molecule has 1 aromatic heterocycles. The Balaban J connectivity index is 2.28. The summed E-state index contributed by atoms with van der Waals surface area (Å²) in [5.74, 6) is 0.0959. The number of hydrogen-bond donors (Lipinski definition) is 1. The van der Waals surface area contributed by atoms with Crippen LogP contribution < -0.4 is 10.3 Å². The lowest BCUT2D eigenvalue weighted by atomic mass is 10.1. The molecule has 1 N–H and O–H groups in total. The first-order chi connectivity index (χ1) is 11.3. The second-order valence-electron chi connectivity index (χ2n) is 5.33. The number of aromatic nitrogens is 2. The number of methoxy groups -OCH3 is 1. The van der Waals surface area contributed by atoms with Crippen molar-refractivity contribution in [1.29, 1.82) is 0 Å². The van der Waals surface area contributed by atoms with Crippen molar-refractivity contribution >= 4 is 10.9 Å². The summed E-state index contributed by atoms with van der Waals surface area (Å²) in [6, 6.07) is 8.36. The molecule has 0 atom stereocenters. The van der Waals surface area contributed by atoms with E-state index < -0.39 is 17.3 Å². The highest BCUT2D eigenvalue weighted by Gasteiger charge is 2.31. The lowest BCUT2D eigenvalue weighted by Crippen LogP contribution is -2.11. The van der Waals surface area contributed by atoms with Gasteiger partial charge in [0.05, 0.1) is 23.6 Å². The van der Waals surface area contributed by atoms with Crippen LogP contribution in [-0.4, -0.2) is 17.1 Å². The number of aryl methyl sites for hydroxylation is 1. The highest BCUT2D eigenvalue weighted by Crippen LogP contribution is 2.34. The molecule has 124 valence electrons. The predicted molar refractivity (Wildman–Crippen MR) is 84.1 cm³/mol. The summed E-state index contributed by atoms with van der Waals surface area (Å²) in [7, 11) is 1.28. The Bertz CT molecular complexity index is 978. The van der Waals surface area contributed by atoms with E-state index in [1.54, 1.807) is 25.1 Å². The molecule has 0 aliphatic heterocycles. The number of benzene rings is 2. The minimum atomic E-state index is -4.53. The fourth-order valence-electron chi connectivity index (χ4n) is 2.46. The molecule has 0 unspecified atom stereocenters. The maximum absolute atomic E-state index is 13.0. The standard InChI is InChI=1S/C17H13F3N2O2/c1-9-4-3-5-13-14(9)21-15(22-16(13)23)10-6-11(17(18,19)20)8-12(7-10)24-2/h3-8H,1-2H3,(H,21,22,23). The smallest absolute Gasteiger partial charge is 0.416 e. The number of rotatable bonds is 2. The first kappa shape index (κ1) is 16.0. The van der Waals surface area contributed by atoms with Gasteiger partial charge in [-0.3, -0.25) is 4.79 Å². The van der Waals surface area contributed by atoms with Crippen LogP contribution in [0.2, 0.25) is 0 Å². The Morgan fingerprint density at radius 2 is 1.92 bits per heavy atom. The lowest BCUT2D eigenvalue weighted by molar-refractivity contribution is -0.137. The molecule has 0 aliphatic rings. The summed E-state index contributed by atoms with van der Waals surface area (Å²) >= 11 is 0. The fraction of sp³-hybridized carbons (Fsp3) is 0.176. The monoisotopic (exact) mass is 334 g/mol. The van der Waals surface area contributed by atoms with Gasteiger partial charge in [-0.2, -0.15) is 13.2 Å². The number of para-hydroxylation sites is 1. The molecule has 3 aromatic rings. The SMILES string of the molecule is COc1cc(-c2nc3c(C)cccc3c(=O)[nH]2)cc(C(F)(F)F)c1. The van der Waals surface area contributed by atoms with Crippen molar-refractivity contribution in [3.05, 3.63) is 57.9 Å². The molecule has 0 radical (unpaired) electrons. The average Bonchev–Trinajstić information content (AvgIpc) is 2.54. The largest absolute Gasteiger partial charge is 0.497 e. The van der Waals surface area contributed by atoms with Crippen molar-refractivity contribution < 1.29 is 17.9 Å². The van der Waals surface area contributed by atoms with E-state index in [-0.39, 0.29) is 17.1 Å². The molecule has 0 amide bonds. The van der Waals surface area contributed by atoms with Crippen LogP contribution in [0.4, 0.5) is 13.2 Å². The van der Waals surface area contributed by atoms with Crippen LogP contribution in [0.15, 0.2) is 41.2 Å². The van der Waals surface area contributed by atoms with E-state index in [0.717, 1.165) is 17.7 Å². The Hall–Kier alpha value is -2.83. The van der Waals surface area contributed by atoms with Gasteiger partial charge in [0.15, 0.2) is 0 Å². The number of alkyl halides is 3. The highest BCUT2D eigenvalue weighted by molar-refractivity contribution is 5.82. The molecule has 0 saturated heterocycles. The molecule has 7 heteroatoms. The molecule has 0 aliphatic carbocycles. The summed E-state index contributed by atoms with van der Waals surface area (Å²) < 4.78 is 44.1. The predicted octanol–water partition coefficient (Wildman–Crippen LogP) is 3.93. The van der Waals surface area contributed by atoms with Crippen LogP contribution in [0.3, 0.4) is 0 Å². The normalized spacial score (nSPS) is 11.7. The van der Waals surface area contributed by atoms with Gasteiger partial charge in [0.25, 0.3) is 5.56 Å². The van der Waals surface area contributed by atoms with Gasteiger partial charge in [0.1, 0.15) is 11.6 Å². The summed E-state index contributed by atoms with van der Waals surface area (Å²) in [5.41, 5.74) is 0.0646. The van der Waals surface area contributed by atoms with Gasteiger partial charge < -0.3 is 9.72 Å². The van der Waals surface area contributed by atoms with Crippen LogP contribution in [-0.2, 0) is 6.18 Å². The molecular formula is C17H13F3N2O2. The molecule has 4 nitrogen and oxygen atoms in total. The maximum atomic E-state index is 13.0. The number of ether oxygens (including phenoxy) is 1. The van der Waals surface area contributed by atoms with Crippen molar-refractivity contribution in [3.8, 4) is 17.1 Å². The van der Waals surface area contributed by atoms with E-state index in [2.05, 4.69) is 9.97 Å². The topological polar surface area (TPSA) is 55.0 Å². The van der Waals surface area contributed by atoms with Crippen molar-refractivity contribution in [1.82, 2.24) is 9.97 Å². The van der Waals surface area contributed by atoms with Gasteiger partial charge in [-0.25, -0.2) is 4.98 Å². The maximum Gasteiger partial charge on any atom is 0.416 e. The first-order valence-corrected chi connectivity index (χ1v) is 7.06. The van der Waals surface area contributed by atoms with E-state index in [4.69, 9.17) is 4.74 Å². The molecule has 3 rings (SSSR count). The molecule has 0 bridgehead atoms. The average molecular weight is 334 g/mol. The van der Waals surface area contributed by atoms with E-state index in [9.17, 15) is 18.0 Å². The summed E-state index contributed by atoms with van der Waals surface area (Å²) in [5, 5.41) is 0.387. The molecule has 0 spiro atoms. The van der Waals surface area contributed by atoms with E-state index in [0.29, 0.717) is 10.9 Å². The van der Waals surface area contributed by atoms with E-state index in [1.807, 2.05) is 0 Å². The van der Waals surface area contributed by atoms with E-state index in [1.165, 1.54) is 13.2 Å². The second-order valence-corrected chi connectivity index (χ2v) is 5.33. The zero-order chi connectivity index (χ0) is 17.5. The zero-order valence-corrected chi connectivity index (χ0v) is 12.9. The van der Waals surface area contributed by atoms with Crippen LogP contribution >= 0.6 is 0 Å². The Morgan fingerprint density at radius 3 is 2.58 bits per heavy atom. The van der Waals surface area contributed by atoms with Crippen molar-refractivity contribution in [2.45, 2.75) is 13.1 Å². The number of fused-ring (bicyclic) bond motifs is 1. The quantitative estimate of drug-likeness (QED) is 0.773. The van der Waals surface area contributed by atoms with Gasteiger partial charge >= 0.3 is 6.18 Å². The number of nitrogens with zero attached hydrogens (tertiary/aromatic N) is 1. The van der Waals surface area contributed by atoms with Crippen LogP contribution in [0, 0.1) is 6.92 Å². The van der Waals surface area contributed by atoms with Crippen LogP contribution in [0.25, 0.3) is 22.3 Å². The summed E-state index contributed by atoms with van der Waals surface area (Å²) in [4.78, 5) is 19.1. The fourth-order valence-corrected chi connectivity index (χ4v) is 2.46. The van der Waals surface area contributed by atoms with Crippen molar-refractivity contribution in [2.75, 3.05) is 7.11 Å². The minimum absolute atomic E-state index is 0.0346. The number of H-pyrrole nitrogens is 1. The third kappa shape index (κ3) is 2.84. The van der Waals surface area contributed by atoms with Crippen molar-refractivity contribution in [2.24, 2.45) is 0 Å². The number of halogens is 3. The Morgan fingerprint density at radius 1 is 1.17 bits per heavy atom. The Labute approximate surface area is 134 Å². The van der Waals surface area contributed by atoms with Gasteiger partial charge in [0, 0.05) is 5.56 Å².